The van der Waals surface area contributed by atoms with E-state index in [2.05, 4.69) is 6.92 Å². The van der Waals surface area contributed by atoms with Gasteiger partial charge in [-0.1, -0.05) is 37.5 Å². The molecule has 2 aliphatic heterocycles. The molecule has 1 atom stereocenters. The first-order valence-corrected chi connectivity index (χ1v) is 8.59. The molecule has 2 heterocycles. The molecule has 0 radical (unpaired) electrons. The number of rotatable bonds is 4. The van der Waals surface area contributed by atoms with E-state index in [0.717, 1.165) is 30.4 Å². The molecule has 126 valence electrons. The minimum Gasteiger partial charge on any atom is -0.387 e. The van der Waals surface area contributed by atoms with E-state index >= 15 is 0 Å². The Morgan fingerprint density at radius 3 is 2.74 bits per heavy atom. The quantitative estimate of drug-likeness (QED) is 0.929. The average molecular weight is 317 g/mol. The Kier molecular flexibility index (Phi) is 4.23. The number of nitrogens with zero attached hydrogens (tertiary/aromatic N) is 1. The fraction of sp³-hybridized carbons (Fsp3) is 0.632. The molecule has 4 heteroatoms. The van der Waals surface area contributed by atoms with E-state index in [0.29, 0.717) is 26.1 Å². The first kappa shape index (κ1) is 16.5. The summed E-state index contributed by atoms with van der Waals surface area (Å²) in [7, 11) is 0. The lowest BCUT2D eigenvalue weighted by Gasteiger charge is -2.47. The number of carbonyl (C=O) groups is 1. The monoisotopic (exact) mass is 317 g/mol. The number of amides is 1. The lowest BCUT2D eigenvalue weighted by atomic mass is 9.82. The van der Waals surface area contributed by atoms with Crippen molar-refractivity contribution in [3.05, 3.63) is 34.9 Å². The number of ether oxygens (including phenoxy) is 1. The number of benzene rings is 1. The summed E-state index contributed by atoms with van der Waals surface area (Å²) >= 11 is 0. The number of hydrogen-bond acceptors (Lipinski definition) is 3. The van der Waals surface area contributed by atoms with Crippen molar-refractivity contribution in [1.82, 2.24) is 4.90 Å². The molecular formula is C19H27NO3. The zero-order chi connectivity index (χ0) is 16.7. The van der Waals surface area contributed by atoms with Crippen LogP contribution in [0.4, 0.5) is 0 Å². The van der Waals surface area contributed by atoms with Crippen molar-refractivity contribution in [3.8, 4) is 0 Å². The van der Waals surface area contributed by atoms with Crippen molar-refractivity contribution in [3.63, 3.8) is 0 Å². The topological polar surface area (TPSA) is 49.8 Å². The predicted octanol–water partition coefficient (Wildman–Crippen LogP) is 2.84. The molecule has 0 aliphatic carbocycles. The van der Waals surface area contributed by atoms with Gasteiger partial charge in [0.1, 0.15) is 5.60 Å². The Morgan fingerprint density at radius 2 is 2.09 bits per heavy atom. The molecule has 1 unspecified atom stereocenters. The van der Waals surface area contributed by atoms with Gasteiger partial charge in [-0.25, -0.2) is 0 Å². The predicted molar refractivity (Wildman–Crippen MR) is 89.6 cm³/mol. The first-order valence-electron chi connectivity index (χ1n) is 8.59. The van der Waals surface area contributed by atoms with Gasteiger partial charge < -0.3 is 14.7 Å². The summed E-state index contributed by atoms with van der Waals surface area (Å²) < 4.78 is 5.91. The summed E-state index contributed by atoms with van der Waals surface area (Å²) in [6.45, 7) is 7.72. The standard InChI is InChI=1S/C19H27NO3/c1-4-5-8-18(22)10-19(23-13-18)11-20(12-19)17(21)16-7-6-14(2)9-15(16)3/h6-7,9,22H,4-5,8,10-13H2,1-3H3. The van der Waals surface area contributed by atoms with Gasteiger partial charge in [0.2, 0.25) is 0 Å². The van der Waals surface area contributed by atoms with Gasteiger partial charge in [0.05, 0.1) is 25.3 Å². The molecule has 0 aromatic heterocycles. The molecule has 1 aromatic rings. The van der Waals surface area contributed by atoms with Crippen molar-refractivity contribution in [2.75, 3.05) is 19.7 Å². The van der Waals surface area contributed by atoms with Crippen LogP contribution < -0.4 is 0 Å². The second-order valence-corrected chi connectivity index (χ2v) is 7.46. The largest absolute Gasteiger partial charge is 0.387 e. The number of carbonyl (C=O) groups excluding carboxylic acids is 1. The van der Waals surface area contributed by atoms with Gasteiger partial charge in [-0.2, -0.15) is 0 Å². The smallest absolute Gasteiger partial charge is 0.254 e. The normalized spacial score (nSPS) is 25.7. The van der Waals surface area contributed by atoms with Crippen molar-refractivity contribution in [2.24, 2.45) is 0 Å². The van der Waals surface area contributed by atoms with Gasteiger partial charge in [-0.3, -0.25) is 4.79 Å². The van der Waals surface area contributed by atoms with Gasteiger partial charge in [0, 0.05) is 12.0 Å². The highest BCUT2D eigenvalue weighted by molar-refractivity contribution is 5.96. The summed E-state index contributed by atoms with van der Waals surface area (Å²) in [6, 6.07) is 5.93. The van der Waals surface area contributed by atoms with E-state index in [9.17, 15) is 9.90 Å². The maximum atomic E-state index is 12.6. The summed E-state index contributed by atoms with van der Waals surface area (Å²) in [5.74, 6) is 0.0701. The minimum absolute atomic E-state index is 0.0701. The highest BCUT2D eigenvalue weighted by Crippen LogP contribution is 2.42. The second-order valence-electron chi connectivity index (χ2n) is 7.46. The Labute approximate surface area is 138 Å². The molecule has 0 saturated carbocycles. The third kappa shape index (κ3) is 3.15. The van der Waals surface area contributed by atoms with Gasteiger partial charge in [0.15, 0.2) is 0 Å². The molecule has 1 aromatic carbocycles. The third-order valence-corrected chi connectivity index (χ3v) is 5.15. The Hall–Kier alpha value is -1.39. The maximum absolute atomic E-state index is 12.6. The summed E-state index contributed by atoms with van der Waals surface area (Å²) in [5.41, 5.74) is 1.92. The summed E-state index contributed by atoms with van der Waals surface area (Å²) in [4.78, 5) is 14.5. The van der Waals surface area contributed by atoms with E-state index in [4.69, 9.17) is 4.74 Å². The number of aryl methyl sites for hydroxylation is 2. The third-order valence-electron chi connectivity index (χ3n) is 5.15. The van der Waals surface area contributed by atoms with E-state index < -0.39 is 5.60 Å². The molecule has 1 amide bonds. The van der Waals surface area contributed by atoms with E-state index in [-0.39, 0.29) is 11.5 Å². The molecule has 1 N–H and O–H groups in total. The van der Waals surface area contributed by atoms with E-state index in [1.54, 1.807) is 0 Å². The van der Waals surface area contributed by atoms with Crippen LogP contribution in [-0.4, -0.2) is 46.8 Å². The van der Waals surface area contributed by atoms with Crippen LogP contribution in [-0.2, 0) is 4.74 Å². The zero-order valence-electron chi connectivity index (χ0n) is 14.4. The fourth-order valence-electron chi connectivity index (χ4n) is 3.88. The van der Waals surface area contributed by atoms with Crippen LogP contribution in [0.1, 0.15) is 54.1 Å². The molecule has 23 heavy (non-hydrogen) atoms. The Balaban J connectivity index is 1.62. The second kappa shape index (κ2) is 5.91. The van der Waals surface area contributed by atoms with Crippen LogP contribution in [0.3, 0.4) is 0 Å². The first-order chi connectivity index (χ1) is 10.9. The number of hydrogen-bond donors (Lipinski definition) is 1. The molecule has 2 fully saturated rings. The molecule has 3 rings (SSSR count). The van der Waals surface area contributed by atoms with Crippen molar-refractivity contribution in [2.45, 2.75) is 57.7 Å². The number of aliphatic hydroxyl groups is 1. The van der Waals surface area contributed by atoms with Crippen LogP contribution in [0.25, 0.3) is 0 Å². The molecule has 1 spiro atoms. The lowest BCUT2D eigenvalue weighted by molar-refractivity contribution is -0.0956. The highest BCUT2D eigenvalue weighted by atomic mass is 16.5. The van der Waals surface area contributed by atoms with Gasteiger partial charge in [0.25, 0.3) is 5.91 Å². The molecular weight excluding hydrogens is 290 g/mol. The molecule has 4 nitrogen and oxygen atoms in total. The summed E-state index contributed by atoms with van der Waals surface area (Å²) in [5, 5.41) is 10.6. The van der Waals surface area contributed by atoms with Crippen LogP contribution in [0.15, 0.2) is 18.2 Å². The van der Waals surface area contributed by atoms with Crippen LogP contribution in [0.2, 0.25) is 0 Å². The SMILES string of the molecule is CCCCC1(O)COC2(CN(C(=O)c3ccc(C)cc3C)C2)C1. The number of likely N-dealkylation sites (tertiary alicyclic amines) is 1. The number of unbranched alkanes of at least 4 members (excludes halogenated alkanes) is 1. The van der Waals surface area contributed by atoms with Crippen molar-refractivity contribution >= 4 is 5.91 Å². The van der Waals surface area contributed by atoms with Crippen LogP contribution in [0.5, 0.6) is 0 Å². The zero-order valence-corrected chi connectivity index (χ0v) is 14.4. The fourth-order valence-corrected chi connectivity index (χ4v) is 3.88. The van der Waals surface area contributed by atoms with Crippen molar-refractivity contribution < 1.29 is 14.6 Å². The van der Waals surface area contributed by atoms with Gasteiger partial charge in [-0.05, 0) is 31.9 Å². The van der Waals surface area contributed by atoms with Crippen LogP contribution in [0, 0.1) is 13.8 Å². The molecule has 2 aliphatic rings. The minimum atomic E-state index is -0.703. The maximum Gasteiger partial charge on any atom is 0.254 e. The van der Waals surface area contributed by atoms with Gasteiger partial charge >= 0.3 is 0 Å². The van der Waals surface area contributed by atoms with Crippen molar-refractivity contribution in [1.29, 1.82) is 0 Å². The molecule has 0 bridgehead atoms. The summed E-state index contributed by atoms with van der Waals surface area (Å²) in [6.07, 6.45) is 3.53. The van der Waals surface area contributed by atoms with E-state index in [1.165, 1.54) is 5.56 Å². The van der Waals surface area contributed by atoms with E-state index in [1.807, 2.05) is 36.9 Å². The highest BCUT2D eigenvalue weighted by Gasteiger charge is 2.55. The Morgan fingerprint density at radius 1 is 1.35 bits per heavy atom. The molecule has 2 saturated heterocycles. The van der Waals surface area contributed by atoms with Crippen LogP contribution >= 0.6 is 0 Å². The average Bonchev–Trinajstić information content (AvgIpc) is 2.82. The Bertz CT molecular complexity index is 607. The van der Waals surface area contributed by atoms with Gasteiger partial charge in [-0.15, -0.1) is 0 Å². The lowest BCUT2D eigenvalue weighted by Crippen LogP contribution is -2.63.